The lowest BCUT2D eigenvalue weighted by Crippen LogP contribution is -2.10. The maximum Gasteiger partial charge on any atom is 0.0468 e. The van der Waals surface area contributed by atoms with Gasteiger partial charge >= 0.3 is 0 Å². The van der Waals surface area contributed by atoms with Crippen molar-refractivity contribution >= 4 is 70.8 Å². The predicted molar refractivity (Wildman–Crippen MR) is 200 cm³/mol. The smallest absolute Gasteiger partial charge is 0.0468 e. The van der Waals surface area contributed by atoms with E-state index in [0.717, 1.165) is 17.1 Å². The van der Waals surface area contributed by atoms with E-state index in [4.69, 9.17) is 0 Å². The van der Waals surface area contributed by atoms with Crippen molar-refractivity contribution in [3.8, 4) is 22.3 Å². The van der Waals surface area contributed by atoms with Crippen molar-refractivity contribution in [1.82, 2.24) is 0 Å². The number of benzene rings is 8. The van der Waals surface area contributed by atoms with Crippen LogP contribution in [0, 0.1) is 0 Å². The zero-order valence-corrected chi connectivity index (χ0v) is 25.9. The number of fused-ring (bicyclic) bond motifs is 7. The molecular formula is C44H29NS. The SMILES string of the molecule is c1ccc(-c2ccc(N(c3ccc(-c4ccc5ccsc5c4)cc3)c3ccc4c5ccccc5c5ccccc5c4c3)cc2)cc1. The number of rotatable bonds is 5. The molecule has 8 aromatic carbocycles. The summed E-state index contributed by atoms with van der Waals surface area (Å²) in [5.74, 6) is 0. The molecule has 0 spiro atoms. The Labute approximate surface area is 272 Å². The van der Waals surface area contributed by atoms with Gasteiger partial charge in [-0.25, -0.2) is 0 Å². The maximum absolute atomic E-state index is 2.38. The monoisotopic (exact) mass is 603 g/mol. The fourth-order valence-electron chi connectivity index (χ4n) is 6.85. The molecule has 0 bridgehead atoms. The molecule has 46 heavy (non-hydrogen) atoms. The topological polar surface area (TPSA) is 3.24 Å². The summed E-state index contributed by atoms with van der Waals surface area (Å²) in [6.07, 6.45) is 0. The van der Waals surface area contributed by atoms with Crippen molar-refractivity contribution in [2.24, 2.45) is 0 Å². The Morgan fingerprint density at radius 1 is 0.326 bits per heavy atom. The van der Waals surface area contributed by atoms with Crippen LogP contribution < -0.4 is 4.90 Å². The summed E-state index contributed by atoms with van der Waals surface area (Å²) in [5.41, 5.74) is 8.26. The summed E-state index contributed by atoms with van der Waals surface area (Å²) in [6.45, 7) is 0. The lowest BCUT2D eigenvalue weighted by Gasteiger charge is -2.26. The van der Waals surface area contributed by atoms with Crippen LogP contribution in [-0.4, -0.2) is 0 Å². The van der Waals surface area contributed by atoms with Gasteiger partial charge in [0.2, 0.25) is 0 Å². The Kier molecular flexibility index (Phi) is 6.40. The van der Waals surface area contributed by atoms with E-state index < -0.39 is 0 Å². The van der Waals surface area contributed by atoms with Gasteiger partial charge in [-0.15, -0.1) is 11.3 Å². The summed E-state index contributed by atoms with van der Waals surface area (Å²) in [5, 5.41) is 11.1. The molecule has 9 rings (SSSR count). The van der Waals surface area contributed by atoms with Crippen LogP contribution in [0.25, 0.3) is 64.7 Å². The molecular weight excluding hydrogens is 575 g/mol. The third-order valence-electron chi connectivity index (χ3n) is 9.13. The first-order valence-electron chi connectivity index (χ1n) is 15.7. The first-order chi connectivity index (χ1) is 22.8. The van der Waals surface area contributed by atoms with Crippen molar-refractivity contribution < 1.29 is 0 Å². The van der Waals surface area contributed by atoms with E-state index in [-0.39, 0.29) is 0 Å². The molecule has 1 heterocycles. The van der Waals surface area contributed by atoms with E-state index in [9.17, 15) is 0 Å². The molecule has 0 saturated carbocycles. The highest BCUT2D eigenvalue weighted by atomic mass is 32.1. The van der Waals surface area contributed by atoms with Crippen molar-refractivity contribution in [2.75, 3.05) is 4.90 Å². The zero-order chi connectivity index (χ0) is 30.5. The van der Waals surface area contributed by atoms with Crippen molar-refractivity contribution in [3.63, 3.8) is 0 Å². The maximum atomic E-state index is 2.38. The van der Waals surface area contributed by atoms with Crippen LogP contribution in [0.1, 0.15) is 0 Å². The molecule has 1 nitrogen and oxygen atoms in total. The molecule has 2 heteroatoms. The molecule has 9 aromatic rings. The number of hydrogen-bond acceptors (Lipinski definition) is 2. The highest BCUT2D eigenvalue weighted by Crippen LogP contribution is 2.41. The first-order valence-corrected chi connectivity index (χ1v) is 16.5. The Bertz CT molecular complexity index is 2470. The third-order valence-corrected chi connectivity index (χ3v) is 10.0. The fourth-order valence-corrected chi connectivity index (χ4v) is 7.68. The molecule has 216 valence electrons. The predicted octanol–water partition coefficient (Wildman–Crippen LogP) is 13.2. The van der Waals surface area contributed by atoms with E-state index in [0.29, 0.717) is 0 Å². The van der Waals surface area contributed by atoms with E-state index in [1.54, 1.807) is 11.3 Å². The summed E-state index contributed by atoms with van der Waals surface area (Å²) < 4.78 is 1.32. The molecule has 0 radical (unpaired) electrons. The van der Waals surface area contributed by atoms with Crippen LogP contribution in [0.2, 0.25) is 0 Å². The lowest BCUT2D eigenvalue weighted by atomic mass is 9.94. The summed E-state index contributed by atoms with van der Waals surface area (Å²) in [6, 6.07) is 61.9. The minimum Gasteiger partial charge on any atom is -0.310 e. The molecule has 0 aliphatic heterocycles. The molecule has 0 fully saturated rings. The highest BCUT2D eigenvalue weighted by molar-refractivity contribution is 7.17. The van der Waals surface area contributed by atoms with Crippen LogP contribution >= 0.6 is 11.3 Å². The van der Waals surface area contributed by atoms with Gasteiger partial charge in [0.1, 0.15) is 0 Å². The third kappa shape index (κ3) is 4.54. The molecule has 0 amide bonds. The molecule has 0 aliphatic rings. The van der Waals surface area contributed by atoms with Gasteiger partial charge in [-0.05, 0) is 114 Å². The van der Waals surface area contributed by atoms with Crippen LogP contribution in [0.3, 0.4) is 0 Å². The minimum absolute atomic E-state index is 1.12. The molecule has 1 aromatic heterocycles. The molecule has 0 aliphatic carbocycles. The zero-order valence-electron chi connectivity index (χ0n) is 25.1. The average molecular weight is 604 g/mol. The lowest BCUT2D eigenvalue weighted by molar-refractivity contribution is 1.29. The van der Waals surface area contributed by atoms with Gasteiger partial charge in [0.25, 0.3) is 0 Å². The van der Waals surface area contributed by atoms with Gasteiger partial charge in [-0.3, -0.25) is 0 Å². The van der Waals surface area contributed by atoms with Gasteiger partial charge in [-0.2, -0.15) is 0 Å². The number of thiophene rings is 1. The van der Waals surface area contributed by atoms with Crippen LogP contribution in [0.15, 0.2) is 175 Å². The van der Waals surface area contributed by atoms with E-state index in [1.165, 1.54) is 64.7 Å². The molecule has 0 unspecified atom stereocenters. The Morgan fingerprint density at radius 2 is 0.804 bits per heavy atom. The van der Waals surface area contributed by atoms with Gasteiger partial charge in [-0.1, -0.05) is 121 Å². The highest BCUT2D eigenvalue weighted by Gasteiger charge is 2.16. The largest absolute Gasteiger partial charge is 0.310 e. The van der Waals surface area contributed by atoms with E-state index in [2.05, 4.69) is 180 Å². The standard InChI is InChI=1S/C44H29NS/c1-2-8-30(9-3-1)31-16-20-35(21-17-31)45(36-22-18-32(19-23-36)34-15-14-33-26-27-46-44(33)28-34)37-24-25-42-40-12-5-4-10-38(40)39-11-6-7-13-41(39)43(42)29-37/h1-29H. The first kappa shape index (κ1) is 26.7. The average Bonchev–Trinajstić information content (AvgIpc) is 3.61. The van der Waals surface area contributed by atoms with Crippen molar-refractivity contribution in [3.05, 3.63) is 175 Å². The number of nitrogens with zero attached hydrogens (tertiary/aromatic N) is 1. The second-order valence-corrected chi connectivity index (χ2v) is 12.7. The van der Waals surface area contributed by atoms with E-state index >= 15 is 0 Å². The summed E-state index contributed by atoms with van der Waals surface area (Å²) >= 11 is 1.79. The minimum atomic E-state index is 1.12. The van der Waals surface area contributed by atoms with Gasteiger partial charge in [0.15, 0.2) is 0 Å². The van der Waals surface area contributed by atoms with E-state index in [1.807, 2.05) is 0 Å². The number of anilines is 3. The molecule has 0 N–H and O–H groups in total. The van der Waals surface area contributed by atoms with Crippen molar-refractivity contribution in [1.29, 1.82) is 0 Å². The fraction of sp³-hybridized carbons (Fsp3) is 0. The molecule has 0 saturated heterocycles. The molecule has 0 atom stereocenters. The van der Waals surface area contributed by atoms with Gasteiger partial charge in [0.05, 0.1) is 0 Å². The Balaban J connectivity index is 1.21. The van der Waals surface area contributed by atoms with Gasteiger partial charge < -0.3 is 4.90 Å². The Hall–Kier alpha value is -5.70. The van der Waals surface area contributed by atoms with Crippen LogP contribution in [0.5, 0.6) is 0 Å². The van der Waals surface area contributed by atoms with Gasteiger partial charge in [0, 0.05) is 21.8 Å². The van der Waals surface area contributed by atoms with Crippen LogP contribution in [-0.2, 0) is 0 Å². The Morgan fingerprint density at radius 3 is 1.43 bits per heavy atom. The van der Waals surface area contributed by atoms with Crippen LogP contribution in [0.4, 0.5) is 17.1 Å². The second kappa shape index (κ2) is 11.0. The summed E-state index contributed by atoms with van der Waals surface area (Å²) in [4.78, 5) is 2.38. The normalized spacial score (nSPS) is 11.5. The number of hydrogen-bond donors (Lipinski definition) is 0. The second-order valence-electron chi connectivity index (χ2n) is 11.8. The summed E-state index contributed by atoms with van der Waals surface area (Å²) in [7, 11) is 0. The quantitative estimate of drug-likeness (QED) is 0.177. The van der Waals surface area contributed by atoms with Crippen molar-refractivity contribution in [2.45, 2.75) is 0 Å².